The van der Waals surface area contributed by atoms with Gasteiger partial charge in [0.1, 0.15) is 16.5 Å². The van der Waals surface area contributed by atoms with Gasteiger partial charge in [-0.1, -0.05) is 37.3 Å². The summed E-state index contributed by atoms with van der Waals surface area (Å²) < 4.78 is 0. The van der Waals surface area contributed by atoms with Crippen molar-refractivity contribution in [1.29, 1.82) is 0 Å². The third-order valence-corrected chi connectivity index (χ3v) is 8.66. The number of benzene rings is 2. The van der Waals surface area contributed by atoms with Gasteiger partial charge in [-0.15, -0.1) is 11.3 Å². The first-order valence-corrected chi connectivity index (χ1v) is 13.5. The number of hydrogen-bond acceptors (Lipinski definition) is 5. The highest BCUT2D eigenvalue weighted by Gasteiger charge is 2.26. The summed E-state index contributed by atoms with van der Waals surface area (Å²) in [6.45, 7) is 5.60. The summed E-state index contributed by atoms with van der Waals surface area (Å²) in [5, 5.41) is 7.19. The number of aromatic nitrogens is 4. The molecule has 2 aliphatic heterocycles. The fourth-order valence-corrected chi connectivity index (χ4v) is 6.60. The van der Waals surface area contributed by atoms with Gasteiger partial charge in [-0.25, -0.2) is 9.97 Å². The van der Waals surface area contributed by atoms with Crippen molar-refractivity contribution in [2.45, 2.75) is 51.2 Å². The molecular weight excluding hydrogens is 452 g/mol. The minimum atomic E-state index is 0.334. The van der Waals surface area contributed by atoms with Crippen LogP contribution in [-0.4, -0.2) is 32.5 Å². The molecule has 0 amide bonds. The number of hydrogen-bond donors (Lipinski definition) is 4. The van der Waals surface area contributed by atoms with Crippen molar-refractivity contribution in [1.82, 2.24) is 30.6 Å². The van der Waals surface area contributed by atoms with Crippen LogP contribution in [0.1, 0.15) is 56.8 Å². The fourth-order valence-electron chi connectivity index (χ4n) is 5.60. The van der Waals surface area contributed by atoms with Crippen LogP contribution in [0.5, 0.6) is 0 Å². The Morgan fingerprint density at radius 3 is 2.31 bits per heavy atom. The molecule has 2 aliphatic rings. The van der Waals surface area contributed by atoms with Gasteiger partial charge in [0.15, 0.2) is 0 Å². The lowest BCUT2D eigenvalue weighted by molar-refractivity contribution is 0.565. The number of nitrogens with zero attached hydrogens (tertiary/aromatic N) is 2. The molecule has 35 heavy (non-hydrogen) atoms. The molecule has 3 unspecified atom stereocenters. The van der Waals surface area contributed by atoms with Crippen LogP contribution < -0.4 is 10.6 Å². The summed E-state index contributed by atoms with van der Waals surface area (Å²) in [5.41, 5.74) is 6.91. The van der Waals surface area contributed by atoms with Crippen molar-refractivity contribution >= 4 is 32.7 Å². The standard InChI is InChI=1S/C28H30N6S/c1-15-11-23(29-14-15)27-33-24-13-25(35-28(24)34-27)18-6-4-17(5-7-18)19-8-10-20-22(12-19)32-26(31-20)21-9-3-16(2)30-21/h4-8,10,12-13,15-16,21,23,29-30H,3,9,11,14H2,1-2H3,(H,31,32)(H,33,34)/t15-,16?,21?,23?/m0/s1. The van der Waals surface area contributed by atoms with E-state index in [-0.39, 0.29) is 0 Å². The fraction of sp³-hybridized carbons (Fsp3) is 0.357. The second-order valence-corrected chi connectivity index (χ2v) is 11.4. The van der Waals surface area contributed by atoms with Gasteiger partial charge in [0.2, 0.25) is 0 Å². The van der Waals surface area contributed by atoms with E-state index in [1.54, 1.807) is 11.3 Å². The summed E-state index contributed by atoms with van der Waals surface area (Å²) in [7, 11) is 0. The summed E-state index contributed by atoms with van der Waals surface area (Å²) in [6, 6.07) is 18.9. The van der Waals surface area contributed by atoms with E-state index in [4.69, 9.17) is 9.97 Å². The number of fused-ring (bicyclic) bond motifs is 2. The normalized spacial score (nSPS) is 24.7. The molecule has 5 aromatic rings. The lowest BCUT2D eigenvalue weighted by Gasteiger charge is -2.07. The van der Waals surface area contributed by atoms with Crippen molar-refractivity contribution in [3.8, 4) is 21.6 Å². The lowest BCUT2D eigenvalue weighted by Crippen LogP contribution is -2.21. The zero-order valence-electron chi connectivity index (χ0n) is 20.1. The van der Waals surface area contributed by atoms with Gasteiger partial charge in [0.25, 0.3) is 0 Å². The largest absolute Gasteiger partial charge is 0.341 e. The molecule has 7 heteroatoms. The van der Waals surface area contributed by atoms with E-state index in [0.29, 0.717) is 24.0 Å². The molecule has 0 spiro atoms. The Balaban J connectivity index is 1.12. The summed E-state index contributed by atoms with van der Waals surface area (Å²) in [5.74, 6) is 2.84. The van der Waals surface area contributed by atoms with Crippen molar-refractivity contribution < 1.29 is 0 Å². The highest BCUT2D eigenvalue weighted by Crippen LogP contribution is 2.36. The molecule has 5 heterocycles. The molecule has 7 rings (SSSR count). The first-order chi connectivity index (χ1) is 17.1. The van der Waals surface area contributed by atoms with Crippen LogP contribution in [0.15, 0.2) is 48.5 Å². The van der Waals surface area contributed by atoms with Gasteiger partial charge in [-0.2, -0.15) is 0 Å². The van der Waals surface area contributed by atoms with Crippen molar-refractivity contribution in [2.75, 3.05) is 6.54 Å². The van der Waals surface area contributed by atoms with E-state index in [1.807, 2.05) is 0 Å². The van der Waals surface area contributed by atoms with Gasteiger partial charge in [0, 0.05) is 10.9 Å². The van der Waals surface area contributed by atoms with Crippen molar-refractivity contribution in [2.24, 2.45) is 5.92 Å². The van der Waals surface area contributed by atoms with E-state index in [1.165, 1.54) is 28.0 Å². The molecule has 4 atom stereocenters. The van der Waals surface area contributed by atoms with E-state index >= 15 is 0 Å². The SMILES string of the molecule is CC1CCC(c2nc3ccc(-c4ccc(-c5cc6[nH]c(C7C[C@H](C)CN7)nc6s5)cc4)cc3[nH]2)N1. The first kappa shape index (κ1) is 21.3. The number of thiophene rings is 1. The smallest absolute Gasteiger partial charge is 0.142 e. The first-order valence-electron chi connectivity index (χ1n) is 12.7. The van der Waals surface area contributed by atoms with Gasteiger partial charge in [-0.05, 0) is 73.5 Å². The van der Waals surface area contributed by atoms with E-state index < -0.39 is 0 Å². The second-order valence-electron chi connectivity index (χ2n) is 10.4. The molecule has 2 fully saturated rings. The van der Waals surface area contributed by atoms with Gasteiger partial charge < -0.3 is 20.6 Å². The molecule has 0 saturated carbocycles. The Morgan fingerprint density at radius 1 is 0.800 bits per heavy atom. The predicted octanol–water partition coefficient (Wildman–Crippen LogP) is 6.32. The molecule has 4 N–H and O–H groups in total. The maximum absolute atomic E-state index is 4.89. The Bertz CT molecular complexity index is 1480. The molecular formula is C28H30N6S. The summed E-state index contributed by atoms with van der Waals surface area (Å²) in [4.78, 5) is 19.2. The molecule has 3 aromatic heterocycles. The van der Waals surface area contributed by atoms with Crippen LogP contribution in [-0.2, 0) is 0 Å². The minimum absolute atomic E-state index is 0.334. The maximum Gasteiger partial charge on any atom is 0.142 e. The van der Waals surface area contributed by atoms with Crippen molar-refractivity contribution in [3.05, 3.63) is 60.2 Å². The number of aromatic amines is 2. The summed E-state index contributed by atoms with van der Waals surface area (Å²) >= 11 is 1.76. The Kier molecular flexibility index (Phi) is 5.05. The maximum atomic E-state index is 4.89. The zero-order valence-corrected chi connectivity index (χ0v) is 20.9. The van der Waals surface area contributed by atoms with Crippen LogP contribution in [0.3, 0.4) is 0 Å². The average molecular weight is 483 g/mol. The number of rotatable bonds is 4. The molecule has 6 nitrogen and oxygen atoms in total. The Hall–Kier alpha value is -3.00. The Labute approximate surface area is 208 Å². The van der Waals surface area contributed by atoms with Crippen LogP contribution in [0.4, 0.5) is 0 Å². The highest BCUT2D eigenvalue weighted by molar-refractivity contribution is 7.21. The number of imidazole rings is 2. The molecule has 178 valence electrons. The predicted molar refractivity (Wildman–Crippen MR) is 144 cm³/mol. The monoisotopic (exact) mass is 482 g/mol. The molecule has 2 saturated heterocycles. The van der Waals surface area contributed by atoms with E-state index in [2.05, 4.69) is 83.0 Å². The lowest BCUT2D eigenvalue weighted by atomic mass is 10.0. The van der Waals surface area contributed by atoms with Gasteiger partial charge >= 0.3 is 0 Å². The third kappa shape index (κ3) is 3.88. The summed E-state index contributed by atoms with van der Waals surface area (Å²) in [6.07, 6.45) is 3.49. The third-order valence-electron chi connectivity index (χ3n) is 7.59. The highest BCUT2D eigenvalue weighted by atomic mass is 32.1. The number of H-pyrrole nitrogens is 2. The van der Waals surface area contributed by atoms with E-state index in [9.17, 15) is 0 Å². The van der Waals surface area contributed by atoms with Gasteiger partial charge in [0.05, 0.1) is 28.6 Å². The molecule has 0 aliphatic carbocycles. The number of nitrogens with one attached hydrogen (secondary N) is 4. The topological polar surface area (TPSA) is 81.4 Å². The van der Waals surface area contributed by atoms with Crippen LogP contribution in [0.25, 0.3) is 42.9 Å². The van der Waals surface area contributed by atoms with Gasteiger partial charge in [-0.3, -0.25) is 0 Å². The van der Waals surface area contributed by atoms with E-state index in [0.717, 1.165) is 52.4 Å². The van der Waals surface area contributed by atoms with Crippen LogP contribution in [0, 0.1) is 5.92 Å². The van der Waals surface area contributed by atoms with Crippen molar-refractivity contribution in [3.63, 3.8) is 0 Å². The van der Waals surface area contributed by atoms with Crippen LogP contribution in [0.2, 0.25) is 0 Å². The Morgan fingerprint density at radius 2 is 1.57 bits per heavy atom. The van der Waals surface area contributed by atoms with Crippen LogP contribution >= 0.6 is 11.3 Å². The average Bonchev–Trinajstić information content (AvgIpc) is 3.66. The molecule has 0 bridgehead atoms. The quantitative estimate of drug-likeness (QED) is 0.242. The molecule has 2 aromatic carbocycles. The zero-order chi connectivity index (χ0) is 23.5. The molecule has 0 radical (unpaired) electrons. The minimum Gasteiger partial charge on any atom is -0.341 e. The second kappa shape index (κ2) is 8.29.